The van der Waals surface area contributed by atoms with Gasteiger partial charge in [0.05, 0.1) is 0 Å². The number of hydrogen-bond donors (Lipinski definition) is 1. The Morgan fingerprint density at radius 2 is 2.08 bits per heavy atom. The second-order valence-corrected chi connectivity index (χ2v) is 5.66. The fourth-order valence-electron chi connectivity index (χ4n) is 1.04. The van der Waals surface area contributed by atoms with Crippen LogP contribution in [0, 0.1) is 11.3 Å². The molecule has 0 atom stereocenters. The van der Waals surface area contributed by atoms with Crippen LogP contribution in [-0.2, 0) is 5.41 Å². The van der Waals surface area contributed by atoms with Gasteiger partial charge in [0.15, 0.2) is 0 Å². The molecule has 64 valence electrons. The van der Waals surface area contributed by atoms with Crippen LogP contribution in [0.2, 0.25) is 0 Å². The molecule has 0 spiro atoms. The summed E-state index contributed by atoms with van der Waals surface area (Å²) in [4.78, 5) is 2.11. The van der Waals surface area contributed by atoms with E-state index in [1.165, 1.54) is 0 Å². The van der Waals surface area contributed by atoms with Crippen molar-refractivity contribution in [3.8, 4) is 6.07 Å². The summed E-state index contributed by atoms with van der Waals surface area (Å²) in [6.07, 6.45) is 0. The number of rotatable bonds is 0. The van der Waals surface area contributed by atoms with E-state index >= 15 is 0 Å². The van der Waals surface area contributed by atoms with Crippen LogP contribution in [0.5, 0.6) is 0 Å². The molecular weight excluding hydrogens is 215 g/mol. The molecule has 2 nitrogen and oxygen atoms in total. The molecule has 0 aliphatic heterocycles. The van der Waals surface area contributed by atoms with Gasteiger partial charge in [-0.2, -0.15) is 0 Å². The maximum atomic E-state index is 8.85. The van der Waals surface area contributed by atoms with Gasteiger partial charge >= 0.3 is 78.4 Å². The molecule has 0 aliphatic rings. The van der Waals surface area contributed by atoms with E-state index in [-0.39, 0.29) is 19.9 Å². The fraction of sp³-hybridized carbons (Fsp3) is 0.444. The summed E-state index contributed by atoms with van der Waals surface area (Å²) in [5.74, 6) is 0. The molecule has 0 saturated carbocycles. The molecule has 0 aliphatic carbocycles. The SMILES string of the molecule is CC(C)(C)c1c[se]c(N)c1C#N. The van der Waals surface area contributed by atoms with Gasteiger partial charge in [0.25, 0.3) is 0 Å². The van der Waals surface area contributed by atoms with Gasteiger partial charge in [-0.15, -0.1) is 0 Å². The number of nitriles is 1. The summed E-state index contributed by atoms with van der Waals surface area (Å²) in [6.45, 7) is 6.31. The van der Waals surface area contributed by atoms with E-state index in [1.54, 1.807) is 0 Å². The summed E-state index contributed by atoms with van der Waals surface area (Å²) in [5, 5.41) is 8.85. The van der Waals surface area contributed by atoms with Crippen LogP contribution in [0.15, 0.2) is 4.94 Å². The standard InChI is InChI=1S/C9H12N2Se/c1-9(2,3)7-5-12-8(11)6(7)4-10/h5H,11H2,1-3H3. The first-order valence-corrected chi connectivity index (χ1v) is 5.59. The van der Waals surface area contributed by atoms with E-state index in [0.29, 0.717) is 5.56 Å². The topological polar surface area (TPSA) is 49.8 Å². The zero-order valence-corrected chi connectivity index (χ0v) is 9.22. The Bertz CT molecular complexity index is 325. The van der Waals surface area contributed by atoms with E-state index in [1.807, 2.05) is 0 Å². The normalized spacial score (nSPS) is 11.2. The third-order valence-electron chi connectivity index (χ3n) is 1.74. The first-order valence-electron chi connectivity index (χ1n) is 3.74. The van der Waals surface area contributed by atoms with Crippen molar-refractivity contribution in [2.45, 2.75) is 26.2 Å². The number of hydrogen-bond acceptors (Lipinski definition) is 2. The molecule has 0 radical (unpaired) electrons. The minimum atomic E-state index is 0.0495. The van der Waals surface area contributed by atoms with Crippen LogP contribution in [0.3, 0.4) is 0 Å². The van der Waals surface area contributed by atoms with E-state index < -0.39 is 0 Å². The molecule has 0 amide bonds. The Morgan fingerprint density at radius 3 is 2.42 bits per heavy atom. The van der Waals surface area contributed by atoms with Gasteiger partial charge in [0, 0.05) is 0 Å². The second kappa shape index (κ2) is 2.97. The van der Waals surface area contributed by atoms with E-state index in [4.69, 9.17) is 11.0 Å². The van der Waals surface area contributed by atoms with Crippen LogP contribution >= 0.6 is 0 Å². The molecule has 1 rings (SSSR count). The molecule has 0 unspecified atom stereocenters. The van der Waals surface area contributed by atoms with Gasteiger partial charge in [-0.3, -0.25) is 0 Å². The van der Waals surface area contributed by atoms with Crippen LogP contribution in [0.25, 0.3) is 0 Å². The third kappa shape index (κ3) is 1.55. The van der Waals surface area contributed by atoms with Gasteiger partial charge in [-0.25, -0.2) is 0 Å². The van der Waals surface area contributed by atoms with Gasteiger partial charge in [0.1, 0.15) is 0 Å². The summed E-state index contributed by atoms with van der Waals surface area (Å²) >= 11 is 0.202. The van der Waals surface area contributed by atoms with Gasteiger partial charge in [-0.1, -0.05) is 0 Å². The van der Waals surface area contributed by atoms with Gasteiger partial charge in [0.2, 0.25) is 0 Å². The monoisotopic (exact) mass is 228 g/mol. The Kier molecular flexibility index (Phi) is 2.32. The zero-order valence-electron chi connectivity index (χ0n) is 7.51. The van der Waals surface area contributed by atoms with Crippen molar-refractivity contribution in [2.24, 2.45) is 0 Å². The Hall–Kier alpha value is -0.711. The average Bonchev–Trinajstić information content (AvgIpc) is 2.29. The van der Waals surface area contributed by atoms with Gasteiger partial charge < -0.3 is 0 Å². The molecule has 2 N–H and O–H groups in total. The van der Waals surface area contributed by atoms with Crippen molar-refractivity contribution in [3.63, 3.8) is 0 Å². The Balaban J connectivity index is 3.28. The average molecular weight is 227 g/mol. The molecule has 1 aromatic heterocycles. The predicted octanol–water partition coefficient (Wildman–Crippen LogP) is 1.49. The predicted molar refractivity (Wildman–Crippen MR) is 51.2 cm³/mol. The number of nitrogen functional groups attached to an aromatic ring is 1. The molecule has 1 heterocycles. The van der Waals surface area contributed by atoms with E-state index in [2.05, 4.69) is 31.8 Å². The number of nitrogens with zero attached hydrogens (tertiary/aromatic N) is 1. The molecule has 0 bridgehead atoms. The van der Waals surface area contributed by atoms with Crippen LogP contribution in [-0.4, -0.2) is 14.5 Å². The first-order chi connectivity index (χ1) is 5.46. The van der Waals surface area contributed by atoms with Crippen molar-refractivity contribution in [1.82, 2.24) is 0 Å². The Labute approximate surface area is 78.7 Å². The minimum absolute atomic E-state index is 0.0495. The molecule has 0 fully saturated rings. The molecule has 3 heteroatoms. The van der Waals surface area contributed by atoms with E-state index in [9.17, 15) is 0 Å². The van der Waals surface area contributed by atoms with Crippen molar-refractivity contribution >= 4 is 19.1 Å². The summed E-state index contributed by atoms with van der Waals surface area (Å²) in [7, 11) is 0. The zero-order chi connectivity index (χ0) is 9.35. The first kappa shape index (κ1) is 9.38. The third-order valence-corrected chi connectivity index (χ3v) is 3.44. The van der Waals surface area contributed by atoms with Crippen LogP contribution < -0.4 is 5.73 Å². The van der Waals surface area contributed by atoms with E-state index in [0.717, 1.165) is 10.1 Å². The Morgan fingerprint density at radius 1 is 1.50 bits per heavy atom. The van der Waals surface area contributed by atoms with Gasteiger partial charge in [-0.05, 0) is 0 Å². The van der Waals surface area contributed by atoms with Crippen LogP contribution in [0.4, 0.5) is 4.56 Å². The molecule has 1 aromatic rings. The molecule has 0 aromatic carbocycles. The summed E-state index contributed by atoms with van der Waals surface area (Å²) < 4.78 is 0.773. The van der Waals surface area contributed by atoms with Crippen molar-refractivity contribution in [1.29, 1.82) is 5.26 Å². The number of nitrogens with two attached hydrogens (primary N) is 1. The van der Waals surface area contributed by atoms with Crippen molar-refractivity contribution in [2.75, 3.05) is 5.73 Å². The molecule has 12 heavy (non-hydrogen) atoms. The van der Waals surface area contributed by atoms with Crippen molar-refractivity contribution in [3.05, 3.63) is 16.1 Å². The summed E-state index contributed by atoms with van der Waals surface area (Å²) in [6, 6.07) is 2.17. The second-order valence-electron chi connectivity index (χ2n) is 3.75. The summed E-state index contributed by atoms with van der Waals surface area (Å²) in [5.41, 5.74) is 7.58. The molecular formula is C9H12N2Se. The van der Waals surface area contributed by atoms with Crippen LogP contribution in [0.1, 0.15) is 31.9 Å². The fourth-order valence-corrected chi connectivity index (χ4v) is 3.12. The number of anilines is 1. The van der Waals surface area contributed by atoms with Crippen molar-refractivity contribution < 1.29 is 0 Å². The molecule has 0 saturated heterocycles. The maximum absolute atomic E-state index is 8.85. The quantitative estimate of drug-likeness (QED) is 0.683.